The third kappa shape index (κ3) is 4.56. The molecule has 0 atom stereocenters. The van der Waals surface area contributed by atoms with Crippen LogP contribution >= 0.6 is 0 Å². The van der Waals surface area contributed by atoms with Gasteiger partial charge in [-0.3, -0.25) is 4.79 Å². The number of benzene rings is 2. The zero-order chi connectivity index (χ0) is 24.7. The van der Waals surface area contributed by atoms with Crippen molar-refractivity contribution in [1.29, 1.82) is 0 Å². The SMILES string of the molecule is COc1ccc(OC)c(NC(=O)c2ccc(Cc3cc4c(cc3C)C(C)(C)CCC4(C)C)o2)c1. The standard InChI is InChI=1S/C29H35NO4/c1-18-14-22-23(29(4,5)13-12-28(22,2)3)16-19(18)15-21-9-11-26(34-21)27(31)30-24-17-20(32-6)8-10-25(24)33-7/h8-11,14,16-17H,12-13,15H2,1-7H3,(H,30,31). The van der Waals surface area contributed by atoms with Crippen LogP contribution in [0.1, 0.15) is 79.1 Å². The van der Waals surface area contributed by atoms with Crippen LogP contribution in [0.15, 0.2) is 46.9 Å². The van der Waals surface area contributed by atoms with E-state index in [4.69, 9.17) is 13.9 Å². The van der Waals surface area contributed by atoms with E-state index in [1.54, 1.807) is 38.5 Å². The molecule has 0 radical (unpaired) electrons. The van der Waals surface area contributed by atoms with Crippen molar-refractivity contribution in [3.8, 4) is 11.5 Å². The normalized spacial score (nSPS) is 16.0. The van der Waals surface area contributed by atoms with Crippen LogP contribution in [-0.2, 0) is 17.3 Å². The molecule has 1 aliphatic carbocycles. The second kappa shape index (κ2) is 8.86. The number of methoxy groups -OCH3 is 2. The lowest BCUT2D eigenvalue weighted by Gasteiger charge is -2.42. The van der Waals surface area contributed by atoms with Gasteiger partial charge in [-0.2, -0.15) is 0 Å². The predicted molar refractivity (Wildman–Crippen MR) is 135 cm³/mol. The third-order valence-electron chi connectivity index (χ3n) is 7.21. The van der Waals surface area contributed by atoms with Crippen LogP contribution in [0, 0.1) is 6.92 Å². The number of anilines is 1. The number of carbonyl (C=O) groups is 1. The monoisotopic (exact) mass is 461 g/mol. The van der Waals surface area contributed by atoms with Crippen molar-refractivity contribution >= 4 is 11.6 Å². The largest absolute Gasteiger partial charge is 0.497 e. The second-order valence-electron chi connectivity index (χ2n) is 10.6. The molecule has 1 aliphatic rings. The van der Waals surface area contributed by atoms with Crippen LogP contribution in [0.2, 0.25) is 0 Å². The molecule has 1 N–H and O–H groups in total. The Hall–Kier alpha value is -3.21. The van der Waals surface area contributed by atoms with Gasteiger partial charge in [0.25, 0.3) is 5.91 Å². The van der Waals surface area contributed by atoms with Crippen LogP contribution in [0.25, 0.3) is 0 Å². The maximum atomic E-state index is 12.9. The summed E-state index contributed by atoms with van der Waals surface area (Å²) in [7, 11) is 3.14. The first-order valence-corrected chi connectivity index (χ1v) is 11.8. The highest BCUT2D eigenvalue weighted by molar-refractivity contribution is 6.03. The molecule has 0 saturated carbocycles. The van der Waals surface area contributed by atoms with Crippen molar-refractivity contribution in [3.05, 3.63) is 76.2 Å². The van der Waals surface area contributed by atoms with Crippen molar-refractivity contribution < 1.29 is 18.7 Å². The van der Waals surface area contributed by atoms with E-state index in [2.05, 4.69) is 52.1 Å². The fourth-order valence-corrected chi connectivity index (χ4v) is 4.84. The van der Waals surface area contributed by atoms with Gasteiger partial charge in [0, 0.05) is 12.5 Å². The Bertz CT molecular complexity index is 1220. The van der Waals surface area contributed by atoms with Crippen LogP contribution in [0.5, 0.6) is 11.5 Å². The summed E-state index contributed by atoms with van der Waals surface area (Å²) >= 11 is 0. The molecule has 3 aromatic rings. The maximum Gasteiger partial charge on any atom is 0.291 e. The Morgan fingerprint density at radius 3 is 2.26 bits per heavy atom. The van der Waals surface area contributed by atoms with Crippen LogP contribution in [-0.4, -0.2) is 20.1 Å². The predicted octanol–water partition coefficient (Wildman–Crippen LogP) is 6.80. The fourth-order valence-electron chi connectivity index (χ4n) is 4.84. The minimum atomic E-state index is -0.331. The highest BCUT2D eigenvalue weighted by atomic mass is 16.5. The van der Waals surface area contributed by atoms with E-state index in [1.807, 2.05) is 6.07 Å². The van der Waals surface area contributed by atoms with E-state index in [1.165, 1.54) is 35.1 Å². The van der Waals surface area contributed by atoms with Gasteiger partial charge in [-0.05, 0) is 77.1 Å². The zero-order valence-electron chi connectivity index (χ0n) is 21.3. The summed E-state index contributed by atoms with van der Waals surface area (Å²) in [5, 5.41) is 2.86. The molecule has 0 saturated heterocycles. The van der Waals surface area contributed by atoms with Crippen LogP contribution in [0.3, 0.4) is 0 Å². The van der Waals surface area contributed by atoms with Crippen LogP contribution in [0.4, 0.5) is 5.69 Å². The topological polar surface area (TPSA) is 60.7 Å². The van der Waals surface area contributed by atoms with E-state index in [9.17, 15) is 4.79 Å². The lowest BCUT2D eigenvalue weighted by Crippen LogP contribution is -2.34. The molecule has 34 heavy (non-hydrogen) atoms. The smallest absolute Gasteiger partial charge is 0.291 e. The Kier molecular flexibility index (Phi) is 6.24. The number of rotatable bonds is 6. The quantitative estimate of drug-likeness (QED) is 0.439. The summed E-state index contributed by atoms with van der Waals surface area (Å²) in [4.78, 5) is 12.9. The van der Waals surface area contributed by atoms with Gasteiger partial charge < -0.3 is 19.2 Å². The lowest BCUT2D eigenvalue weighted by molar-refractivity contribution is 0.0994. The number of nitrogens with one attached hydrogen (secondary N) is 1. The summed E-state index contributed by atoms with van der Waals surface area (Å²) in [5.41, 5.74) is 6.24. The minimum absolute atomic E-state index is 0.150. The Morgan fingerprint density at radius 2 is 1.62 bits per heavy atom. The Balaban J connectivity index is 1.57. The number of amides is 1. The van der Waals surface area contributed by atoms with Crippen molar-refractivity contribution in [2.75, 3.05) is 19.5 Å². The summed E-state index contributed by atoms with van der Waals surface area (Å²) in [5.74, 6) is 1.87. The highest BCUT2D eigenvalue weighted by Crippen LogP contribution is 2.46. The third-order valence-corrected chi connectivity index (χ3v) is 7.21. The highest BCUT2D eigenvalue weighted by Gasteiger charge is 2.37. The molecule has 2 aromatic carbocycles. The van der Waals surface area contributed by atoms with E-state index < -0.39 is 0 Å². The van der Waals surface area contributed by atoms with E-state index in [0.29, 0.717) is 23.6 Å². The second-order valence-corrected chi connectivity index (χ2v) is 10.6. The van der Waals surface area contributed by atoms with Crippen molar-refractivity contribution in [2.45, 2.75) is 64.7 Å². The van der Waals surface area contributed by atoms with Gasteiger partial charge in [-0.25, -0.2) is 0 Å². The lowest BCUT2D eigenvalue weighted by atomic mass is 9.62. The number of hydrogen-bond donors (Lipinski definition) is 1. The van der Waals surface area contributed by atoms with Gasteiger partial charge >= 0.3 is 0 Å². The van der Waals surface area contributed by atoms with Crippen molar-refractivity contribution in [3.63, 3.8) is 0 Å². The Labute approximate surface area is 202 Å². The van der Waals surface area contributed by atoms with Gasteiger partial charge in [-0.15, -0.1) is 0 Å². The summed E-state index contributed by atoms with van der Waals surface area (Å²) < 4.78 is 16.6. The molecule has 1 heterocycles. The molecular weight excluding hydrogens is 426 g/mol. The zero-order valence-corrected chi connectivity index (χ0v) is 21.3. The molecule has 0 fully saturated rings. The summed E-state index contributed by atoms with van der Waals surface area (Å²) in [6.07, 6.45) is 3.01. The first kappa shape index (κ1) is 23.9. The summed E-state index contributed by atoms with van der Waals surface area (Å²) in [6, 6.07) is 13.6. The van der Waals surface area contributed by atoms with E-state index in [-0.39, 0.29) is 22.5 Å². The maximum absolute atomic E-state index is 12.9. The average Bonchev–Trinajstić information content (AvgIpc) is 3.26. The number of ether oxygens (including phenoxy) is 2. The molecule has 1 amide bonds. The number of fused-ring (bicyclic) bond motifs is 1. The molecule has 5 heteroatoms. The van der Waals surface area contributed by atoms with Crippen molar-refractivity contribution in [2.24, 2.45) is 0 Å². The average molecular weight is 462 g/mol. The van der Waals surface area contributed by atoms with Gasteiger partial charge in [0.05, 0.1) is 19.9 Å². The van der Waals surface area contributed by atoms with Gasteiger partial charge in [0.1, 0.15) is 17.3 Å². The number of hydrogen-bond acceptors (Lipinski definition) is 4. The van der Waals surface area contributed by atoms with Gasteiger partial charge in [0.2, 0.25) is 0 Å². The number of aryl methyl sites for hydroxylation is 1. The number of carbonyl (C=O) groups excluding carboxylic acids is 1. The molecule has 0 unspecified atom stereocenters. The Morgan fingerprint density at radius 1 is 0.941 bits per heavy atom. The molecular formula is C29H35NO4. The molecule has 0 spiro atoms. The van der Waals surface area contributed by atoms with E-state index in [0.717, 1.165) is 5.76 Å². The fraction of sp³-hybridized carbons (Fsp3) is 0.414. The van der Waals surface area contributed by atoms with Gasteiger partial charge in [-0.1, -0.05) is 39.8 Å². The molecule has 5 nitrogen and oxygen atoms in total. The molecule has 0 aliphatic heterocycles. The first-order chi connectivity index (χ1) is 16.0. The van der Waals surface area contributed by atoms with E-state index >= 15 is 0 Å². The van der Waals surface area contributed by atoms with Gasteiger partial charge in [0.15, 0.2) is 5.76 Å². The molecule has 0 bridgehead atoms. The minimum Gasteiger partial charge on any atom is -0.497 e. The van der Waals surface area contributed by atoms with Crippen molar-refractivity contribution in [1.82, 2.24) is 0 Å². The molecule has 180 valence electrons. The summed E-state index contributed by atoms with van der Waals surface area (Å²) in [6.45, 7) is 11.5. The first-order valence-electron chi connectivity index (χ1n) is 11.8. The number of furan rings is 1. The molecule has 1 aromatic heterocycles. The van der Waals surface area contributed by atoms with Crippen LogP contribution < -0.4 is 14.8 Å². The molecule has 4 rings (SSSR count).